The van der Waals surface area contributed by atoms with E-state index >= 15 is 0 Å². The van der Waals surface area contributed by atoms with Crippen LogP contribution in [-0.2, 0) is 4.79 Å². The molecule has 1 aliphatic rings. The van der Waals surface area contributed by atoms with Gasteiger partial charge in [0.15, 0.2) is 0 Å². The van der Waals surface area contributed by atoms with Crippen molar-refractivity contribution in [3.05, 3.63) is 0 Å². The second-order valence-electron chi connectivity index (χ2n) is 3.36. The molecule has 13 heavy (non-hydrogen) atoms. The summed E-state index contributed by atoms with van der Waals surface area (Å²) in [4.78, 5) is 10.6. The summed E-state index contributed by atoms with van der Waals surface area (Å²) in [6.45, 7) is 0. The fourth-order valence-electron chi connectivity index (χ4n) is 1.58. The predicted molar refractivity (Wildman–Crippen MR) is 44.4 cm³/mol. The van der Waals surface area contributed by atoms with Crippen LogP contribution >= 0.6 is 0 Å². The third-order valence-corrected chi connectivity index (χ3v) is 2.35. The Hall–Kier alpha value is -0.710. The third kappa shape index (κ3) is 2.91. The molecule has 0 saturated heterocycles. The largest absolute Gasteiger partial charge is 0.347 e. The molecule has 5 heteroatoms. The predicted octanol–water partition coefficient (Wildman–Crippen LogP) is 0.638. The van der Waals surface area contributed by atoms with Crippen molar-refractivity contribution in [2.75, 3.05) is 0 Å². The number of alkyl halides is 2. The van der Waals surface area contributed by atoms with E-state index in [0.717, 1.165) is 19.3 Å². The number of rotatable bonds is 2. The van der Waals surface area contributed by atoms with Crippen LogP contribution in [0.5, 0.6) is 0 Å². The van der Waals surface area contributed by atoms with Gasteiger partial charge in [0, 0.05) is 12.1 Å². The van der Waals surface area contributed by atoms with Gasteiger partial charge in [0.1, 0.15) is 0 Å². The van der Waals surface area contributed by atoms with Gasteiger partial charge in [-0.05, 0) is 12.8 Å². The molecule has 0 aromatic rings. The van der Waals surface area contributed by atoms with Crippen molar-refractivity contribution in [1.82, 2.24) is 5.32 Å². The molecule has 3 N–H and O–H groups in total. The van der Waals surface area contributed by atoms with E-state index < -0.39 is 12.3 Å². The lowest BCUT2D eigenvalue weighted by molar-refractivity contribution is -0.132. The molecular formula is C8H14F2N2O. The monoisotopic (exact) mass is 192 g/mol. The number of hydrogen-bond donors (Lipinski definition) is 2. The van der Waals surface area contributed by atoms with E-state index in [9.17, 15) is 13.6 Å². The van der Waals surface area contributed by atoms with Gasteiger partial charge in [0.05, 0.1) is 0 Å². The lowest BCUT2D eigenvalue weighted by Gasteiger charge is -2.29. The molecule has 0 spiro atoms. The molecule has 2 atom stereocenters. The van der Waals surface area contributed by atoms with Crippen LogP contribution in [0.3, 0.4) is 0 Å². The summed E-state index contributed by atoms with van der Waals surface area (Å²) in [5.41, 5.74) is 5.67. The van der Waals surface area contributed by atoms with Crippen molar-refractivity contribution < 1.29 is 13.6 Å². The summed E-state index contributed by atoms with van der Waals surface area (Å²) in [5.74, 6) is -1.21. The van der Waals surface area contributed by atoms with Crippen LogP contribution in [-0.4, -0.2) is 24.4 Å². The zero-order valence-electron chi connectivity index (χ0n) is 7.30. The Bertz CT molecular complexity index is 187. The second kappa shape index (κ2) is 4.50. The minimum Gasteiger partial charge on any atom is -0.347 e. The molecular weight excluding hydrogens is 178 g/mol. The molecule has 0 unspecified atom stereocenters. The van der Waals surface area contributed by atoms with Crippen LogP contribution in [0.15, 0.2) is 0 Å². The van der Waals surface area contributed by atoms with E-state index in [1.807, 2.05) is 0 Å². The Labute approximate surface area is 75.7 Å². The number of carbonyl (C=O) groups excluding carboxylic acids is 1. The van der Waals surface area contributed by atoms with Gasteiger partial charge in [-0.2, -0.15) is 8.78 Å². The summed E-state index contributed by atoms with van der Waals surface area (Å²) < 4.78 is 23.7. The van der Waals surface area contributed by atoms with Gasteiger partial charge in [-0.25, -0.2) is 0 Å². The third-order valence-electron chi connectivity index (χ3n) is 2.35. The van der Waals surface area contributed by atoms with Crippen molar-refractivity contribution in [1.29, 1.82) is 0 Å². The molecule has 1 fully saturated rings. The first-order chi connectivity index (χ1) is 6.11. The van der Waals surface area contributed by atoms with Gasteiger partial charge >= 0.3 is 6.43 Å². The smallest absolute Gasteiger partial charge is 0.315 e. The average molecular weight is 192 g/mol. The molecule has 0 aromatic carbocycles. The molecule has 3 nitrogen and oxygen atoms in total. The van der Waals surface area contributed by atoms with E-state index in [2.05, 4.69) is 5.32 Å². The Morgan fingerprint density at radius 1 is 1.38 bits per heavy atom. The summed E-state index contributed by atoms with van der Waals surface area (Å²) in [7, 11) is 0. The van der Waals surface area contributed by atoms with E-state index in [0.29, 0.717) is 6.42 Å². The maximum Gasteiger partial charge on any atom is 0.315 e. The Morgan fingerprint density at radius 2 is 2.00 bits per heavy atom. The molecule has 76 valence electrons. The first-order valence-corrected chi connectivity index (χ1v) is 4.45. The fraction of sp³-hybridized carbons (Fsp3) is 0.875. The quantitative estimate of drug-likeness (QED) is 0.674. The molecule has 1 saturated carbocycles. The molecule has 1 aliphatic carbocycles. The highest BCUT2D eigenvalue weighted by molar-refractivity contribution is 5.79. The minimum atomic E-state index is -2.94. The van der Waals surface area contributed by atoms with Crippen molar-refractivity contribution in [2.24, 2.45) is 5.73 Å². The van der Waals surface area contributed by atoms with Crippen molar-refractivity contribution >= 4 is 5.91 Å². The maximum absolute atomic E-state index is 11.9. The van der Waals surface area contributed by atoms with Crippen molar-refractivity contribution in [3.63, 3.8) is 0 Å². The van der Waals surface area contributed by atoms with E-state index in [4.69, 9.17) is 5.73 Å². The number of hydrogen-bond acceptors (Lipinski definition) is 2. The molecule has 1 amide bonds. The molecule has 0 aromatic heterocycles. The van der Waals surface area contributed by atoms with Crippen LogP contribution < -0.4 is 11.1 Å². The standard InChI is InChI=1S/C8H14F2N2O/c9-7(10)8(13)12-6-4-2-1-3-5(6)11/h5-7H,1-4,11H2,(H,12,13)/t5-,6-/m1/s1. The highest BCUT2D eigenvalue weighted by Crippen LogP contribution is 2.17. The number of nitrogens with two attached hydrogens (primary N) is 1. The summed E-state index contributed by atoms with van der Waals surface area (Å²) in [6.07, 6.45) is 0.534. The number of nitrogens with one attached hydrogen (secondary N) is 1. The Kier molecular flexibility index (Phi) is 3.59. The number of carbonyl (C=O) groups is 1. The lowest BCUT2D eigenvalue weighted by atomic mass is 9.91. The van der Waals surface area contributed by atoms with Crippen LogP contribution in [0.2, 0.25) is 0 Å². The van der Waals surface area contributed by atoms with Crippen LogP contribution in [0.4, 0.5) is 8.78 Å². The van der Waals surface area contributed by atoms with Crippen molar-refractivity contribution in [3.8, 4) is 0 Å². The van der Waals surface area contributed by atoms with Gasteiger partial charge < -0.3 is 11.1 Å². The van der Waals surface area contributed by atoms with Gasteiger partial charge in [-0.15, -0.1) is 0 Å². The van der Waals surface area contributed by atoms with E-state index in [1.54, 1.807) is 0 Å². The summed E-state index contributed by atoms with van der Waals surface area (Å²) in [5, 5.41) is 2.25. The second-order valence-corrected chi connectivity index (χ2v) is 3.36. The Morgan fingerprint density at radius 3 is 2.54 bits per heavy atom. The fourth-order valence-corrected chi connectivity index (χ4v) is 1.58. The summed E-state index contributed by atoms with van der Waals surface area (Å²) >= 11 is 0. The van der Waals surface area contributed by atoms with Gasteiger partial charge in [0.2, 0.25) is 0 Å². The van der Waals surface area contributed by atoms with Gasteiger partial charge in [-0.3, -0.25) is 4.79 Å². The molecule has 0 heterocycles. The molecule has 1 rings (SSSR count). The van der Waals surface area contributed by atoms with Gasteiger partial charge in [-0.1, -0.05) is 12.8 Å². The first-order valence-electron chi connectivity index (χ1n) is 4.45. The average Bonchev–Trinajstić information content (AvgIpc) is 2.08. The molecule has 0 radical (unpaired) electrons. The van der Waals surface area contributed by atoms with E-state index in [1.165, 1.54) is 0 Å². The normalized spacial score (nSPS) is 28.9. The van der Waals surface area contributed by atoms with Gasteiger partial charge in [0.25, 0.3) is 5.91 Å². The molecule has 0 bridgehead atoms. The zero-order valence-corrected chi connectivity index (χ0v) is 7.30. The number of halogens is 2. The van der Waals surface area contributed by atoms with E-state index in [-0.39, 0.29) is 12.1 Å². The Balaban J connectivity index is 2.38. The molecule has 0 aliphatic heterocycles. The SMILES string of the molecule is N[C@@H]1CCCC[C@H]1NC(=O)C(F)F. The highest BCUT2D eigenvalue weighted by atomic mass is 19.3. The van der Waals surface area contributed by atoms with Crippen LogP contribution in [0, 0.1) is 0 Å². The van der Waals surface area contributed by atoms with Crippen LogP contribution in [0.25, 0.3) is 0 Å². The highest BCUT2D eigenvalue weighted by Gasteiger charge is 2.26. The topological polar surface area (TPSA) is 55.1 Å². The van der Waals surface area contributed by atoms with Crippen LogP contribution in [0.1, 0.15) is 25.7 Å². The lowest BCUT2D eigenvalue weighted by Crippen LogP contribution is -2.50. The summed E-state index contributed by atoms with van der Waals surface area (Å²) in [6, 6.07) is -0.438. The maximum atomic E-state index is 11.9. The van der Waals surface area contributed by atoms with Crippen molar-refractivity contribution in [2.45, 2.75) is 44.2 Å². The first kappa shape index (κ1) is 10.4. The number of amides is 1. The zero-order chi connectivity index (χ0) is 9.84. The minimum absolute atomic E-state index is 0.170.